The van der Waals surface area contributed by atoms with Crippen molar-refractivity contribution < 1.29 is 52.3 Å². The van der Waals surface area contributed by atoms with Gasteiger partial charge in [0.25, 0.3) is 0 Å². The highest BCUT2D eigenvalue weighted by Gasteiger charge is 2.25. The van der Waals surface area contributed by atoms with Crippen molar-refractivity contribution in [3.63, 3.8) is 0 Å². The molecule has 1 unspecified atom stereocenters. The molecule has 1 aromatic carbocycles. The zero-order valence-corrected chi connectivity index (χ0v) is 24.2. The van der Waals surface area contributed by atoms with Gasteiger partial charge < -0.3 is 38.9 Å². The number of esters is 1. The molecule has 0 saturated carbocycles. The maximum absolute atomic E-state index is 12.4. The zero-order chi connectivity index (χ0) is 30.0. The van der Waals surface area contributed by atoms with Crippen LogP contribution in [0.15, 0.2) is 18.2 Å². The minimum Gasteiger partial charge on any atom is -0.461 e. The molecule has 0 spiro atoms. The molecular weight excluding hydrogens is 514 g/mol. The average Bonchev–Trinajstić information content (AvgIpc) is 2.76. The second kappa shape index (κ2) is 14.6. The summed E-state index contributed by atoms with van der Waals surface area (Å²) in [6, 6.07) is 3.19. The lowest BCUT2D eigenvalue weighted by Crippen LogP contribution is -2.36. The molecule has 12 heteroatoms. The summed E-state index contributed by atoms with van der Waals surface area (Å²) in [4.78, 5) is 48.6. The summed E-state index contributed by atoms with van der Waals surface area (Å²) in [5.74, 6) is -0.996. The van der Waals surface area contributed by atoms with Gasteiger partial charge in [-0.1, -0.05) is 13.0 Å². The molecule has 0 aliphatic carbocycles. The first-order valence-electron chi connectivity index (χ1n) is 12.6. The van der Waals surface area contributed by atoms with Crippen LogP contribution in [0.5, 0.6) is 11.5 Å². The topological polar surface area (TPSA) is 159 Å². The van der Waals surface area contributed by atoms with Crippen LogP contribution < -0.4 is 15.2 Å². The van der Waals surface area contributed by atoms with Crippen LogP contribution >= 0.6 is 0 Å². The fourth-order valence-electron chi connectivity index (χ4n) is 2.68. The molecule has 0 bridgehead atoms. The first kappa shape index (κ1) is 33.5. The summed E-state index contributed by atoms with van der Waals surface area (Å²) in [5.41, 5.74) is 4.82. The van der Waals surface area contributed by atoms with E-state index in [2.05, 4.69) is 0 Å². The van der Waals surface area contributed by atoms with Crippen molar-refractivity contribution >= 4 is 24.4 Å². The van der Waals surface area contributed by atoms with E-state index < -0.39 is 47.8 Å². The van der Waals surface area contributed by atoms with E-state index in [-0.39, 0.29) is 30.6 Å². The quantitative estimate of drug-likeness (QED) is 0.232. The standard InChI is InChI=1S/C27H41NO11/c1-10-16(2)34-23(30)35-17(3)15-33-22(29)19(28)13-18-11-12-20(36-24(31)38-26(4,5)6)21(14-18)37-25(32)39-27(7,8)9/h11-12,14,16-17,19H,10,13,15,28H2,1-9H3/t16?,17-,19-/m0/s1. The van der Waals surface area contributed by atoms with Crippen LogP contribution in [0.2, 0.25) is 0 Å². The normalized spacial score (nSPS) is 13.8. The van der Waals surface area contributed by atoms with E-state index in [0.717, 1.165) is 0 Å². The lowest BCUT2D eigenvalue weighted by Gasteiger charge is -2.21. The lowest BCUT2D eigenvalue weighted by atomic mass is 10.1. The van der Waals surface area contributed by atoms with Gasteiger partial charge >= 0.3 is 24.4 Å². The first-order chi connectivity index (χ1) is 17.9. The Bertz CT molecular complexity index is 994. The van der Waals surface area contributed by atoms with Gasteiger partial charge in [-0.15, -0.1) is 0 Å². The number of ether oxygens (including phenoxy) is 7. The number of carbonyl (C=O) groups is 4. The van der Waals surface area contributed by atoms with Crippen molar-refractivity contribution in [2.45, 2.75) is 105 Å². The third-order valence-corrected chi connectivity index (χ3v) is 4.56. The molecule has 0 aliphatic heterocycles. The number of hydrogen-bond acceptors (Lipinski definition) is 12. The number of benzene rings is 1. The van der Waals surface area contributed by atoms with Crippen LogP contribution in [0, 0.1) is 0 Å². The smallest absolute Gasteiger partial charge is 0.461 e. The molecule has 0 saturated heterocycles. The average molecular weight is 556 g/mol. The Balaban J connectivity index is 2.89. The Morgan fingerprint density at radius 1 is 0.795 bits per heavy atom. The van der Waals surface area contributed by atoms with Gasteiger partial charge in [0.2, 0.25) is 0 Å². The Morgan fingerprint density at radius 2 is 1.31 bits per heavy atom. The van der Waals surface area contributed by atoms with Gasteiger partial charge in [0, 0.05) is 0 Å². The second-order valence-electron chi connectivity index (χ2n) is 10.9. The second-order valence-corrected chi connectivity index (χ2v) is 10.9. The summed E-state index contributed by atoms with van der Waals surface area (Å²) in [6.07, 6.45) is -3.33. The zero-order valence-electron chi connectivity index (χ0n) is 24.2. The van der Waals surface area contributed by atoms with Gasteiger partial charge in [-0.3, -0.25) is 4.79 Å². The molecule has 0 aromatic heterocycles. The van der Waals surface area contributed by atoms with Gasteiger partial charge in [-0.2, -0.15) is 0 Å². The van der Waals surface area contributed by atoms with Gasteiger partial charge in [0.1, 0.15) is 36.1 Å². The fourth-order valence-corrected chi connectivity index (χ4v) is 2.68. The van der Waals surface area contributed by atoms with E-state index in [9.17, 15) is 19.2 Å². The number of hydrogen-bond donors (Lipinski definition) is 1. The molecule has 0 amide bonds. The summed E-state index contributed by atoms with van der Waals surface area (Å²) >= 11 is 0. The Hall–Kier alpha value is -3.54. The molecule has 0 fully saturated rings. The third-order valence-electron chi connectivity index (χ3n) is 4.56. The monoisotopic (exact) mass is 555 g/mol. The largest absolute Gasteiger partial charge is 0.514 e. The first-order valence-corrected chi connectivity index (χ1v) is 12.6. The fraction of sp³-hybridized carbons (Fsp3) is 0.630. The molecule has 39 heavy (non-hydrogen) atoms. The van der Waals surface area contributed by atoms with E-state index in [1.807, 2.05) is 6.92 Å². The Kier molecular flexibility index (Phi) is 12.5. The van der Waals surface area contributed by atoms with Crippen molar-refractivity contribution in [1.82, 2.24) is 0 Å². The highest BCUT2D eigenvalue weighted by atomic mass is 16.8. The Morgan fingerprint density at radius 3 is 1.82 bits per heavy atom. The predicted octanol–water partition coefficient (Wildman–Crippen LogP) is 5.07. The SMILES string of the molecule is CCC(C)OC(=O)O[C@@H](C)COC(=O)[C@@H](N)Cc1ccc(OC(=O)OC(C)(C)C)c(OC(=O)OC(C)(C)C)c1. The molecule has 0 heterocycles. The van der Waals surface area contributed by atoms with Crippen molar-refractivity contribution in [3.8, 4) is 11.5 Å². The van der Waals surface area contributed by atoms with E-state index in [0.29, 0.717) is 12.0 Å². The van der Waals surface area contributed by atoms with Crippen LogP contribution in [0.1, 0.15) is 74.3 Å². The van der Waals surface area contributed by atoms with Gasteiger partial charge in [-0.05, 0) is 85.9 Å². The van der Waals surface area contributed by atoms with E-state index >= 15 is 0 Å². The van der Waals surface area contributed by atoms with Crippen LogP contribution in [-0.2, 0) is 34.9 Å². The number of carbonyl (C=O) groups excluding carboxylic acids is 4. The maximum Gasteiger partial charge on any atom is 0.514 e. The summed E-state index contributed by atoms with van der Waals surface area (Å²) in [6.45, 7) is 14.9. The molecule has 1 aromatic rings. The lowest BCUT2D eigenvalue weighted by molar-refractivity contribution is -0.148. The van der Waals surface area contributed by atoms with Crippen LogP contribution in [-0.4, -0.2) is 60.5 Å². The van der Waals surface area contributed by atoms with Crippen LogP contribution in [0.4, 0.5) is 14.4 Å². The Labute approximate surface area is 229 Å². The summed E-state index contributed by atoms with van der Waals surface area (Å²) in [5, 5.41) is 0. The minimum absolute atomic E-state index is 0.0124. The predicted molar refractivity (Wildman–Crippen MR) is 140 cm³/mol. The van der Waals surface area contributed by atoms with Crippen molar-refractivity contribution in [1.29, 1.82) is 0 Å². The molecule has 2 N–H and O–H groups in total. The van der Waals surface area contributed by atoms with Crippen molar-refractivity contribution in [2.75, 3.05) is 6.61 Å². The van der Waals surface area contributed by atoms with Crippen LogP contribution in [0.3, 0.4) is 0 Å². The highest BCUT2D eigenvalue weighted by molar-refractivity contribution is 5.76. The summed E-state index contributed by atoms with van der Waals surface area (Å²) in [7, 11) is 0. The molecule has 0 aliphatic rings. The molecule has 1 rings (SSSR count). The molecular formula is C27H41NO11. The molecule has 220 valence electrons. The van der Waals surface area contributed by atoms with Crippen molar-refractivity contribution in [3.05, 3.63) is 23.8 Å². The van der Waals surface area contributed by atoms with E-state index in [4.69, 9.17) is 38.9 Å². The van der Waals surface area contributed by atoms with Gasteiger partial charge in [0.15, 0.2) is 11.5 Å². The minimum atomic E-state index is -1.10. The maximum atomic E-state index is 12.4. The third kappa shape index (κ3) is 14.3. The van der Waals surface area contributed by atoms with Crippen molar-refractivity contribution in [2.24, 2.45) is 5.73 Å². The van der Waals surface area contributed by atoms with E-state index in [1.54, 1.807) is 55.4 Å². The molecule has 3 atom stereocenters. The molecule has 12 nitrogen and oxygen atoms in total. The number of nitrogens with two attached hydrogens (primary N) is 1. The van der Waals surface area contributed by atoms with E-state index in [1.165, 1.54) is 18.2 Å². The molecule has 0 radical (unpaired) electrons. The van der Waals surface area contributed by atoms with Gasteiger partial charge in [-0.25, -0.2) is 14.4 Å². The van der Waals surface area contributed by atoms with Crippen LogP contribution in [0.25, 0.3) is 0 Å². The highest BCUT2D eigenvalue weighted by Crippen LogP contribution is 2.31. The number of rotatable bonds is 10. The summed E-state index contributed by atoms with van der Waals surface area (Å²) < 4.78 is 36.0. The van der Waals surface area contributed by atoms with Gasteiger partial charge in [0.05, 0.1) is 0 Å².